The summed E-state index contributed by atoms with van der Waals surface area (Å²) in [6, 6.07) is 5.10. The predicted octanol–water partition coefficient (Wildman–Crippen LogP) is 4.56. The van der Waals surface area contributed by atoms with E-state index in [1.54, 1.807) is 0 Å². The maximum atomic E-state index is 15.5. The molecule has 0 unspecified atom stereocenters. The number of amides is 1. The molecule has 44 heavy (non-hydrogen) atoms. The first-order valence-electron chi connectivity index (χ1n) is 14.6. The number of aliphatic imine (C=N–C) groups is 1. The van der Waals surface area contributed by atoms with Crippen molar-refractivity contribution in [3.8, 4) is 0 Å². The number of piperidine rings is 1. The lowest BCUT2D eigenvalue weighted by atomic mass is 9.78. The van der Waals surface area contributed by atoms with Crippen molar-refractivity contribution in [3.63, 3.8) is 0 Å². The largest absolute Gasteiger partial charge is 0.495 e. The van der Waals surface area contributed by atoms with Crippen molar-refractivity contribution in [2.24, 2.45) is 4.99 Å². The third kappa shape index (κ3) is 5.18. The third-order valence-corrected chi connectivity index (χ3v) is 9.47. The minimum absolute atomic E-state index is 0.0115. The average Bonchev–Trinajstić information content (AvgIpc) is 3.56. The molecule has 1 aliphatic carbocycles. The number of halogens is 5. The average molecular weight is 620 g/mol. The van der Waals surface area contributed by atoms with Gasteiger partial charge in [0.25, 0.3) is 5.91 Å². The molecule has 6 rings (SSSR count). The SMILES string of the molecule is COCc1c(F)cc(B2OC(C)(C)C(C)(C)O2)cc1N1CCC2(CC1)N=C(c1ccc(C(F)(F)F)nc1C1(F)CC1)NC2=O. The molecule has 4 heterocycles. The Morgan fingerprint density at radius 3 is 2.25 bits per heavy atom. The topological polar surface area (TPSA) is 85.3 Å². The molecule has 1 aromatic carbocycles. The van der Waals surface area contributed by atoms with Crippen LogP contribution < -0.4 is 15.7 Å². The van der Waals surface area contributed by atoms with Gasteiger partial charge in [-0.05, 0) is 83.1 Å². The summed E-state index contributed by atoms with van der Waals surface area (Å²) in [4.78, 5) is 23.5. The first kappa shape index (κ1) is 30.9. The highest BCUT2D eigenvalue weighted by Gasteiger charge is 2.53. The lowest BCUT2D eigenvalue weighted by Gasteiger charge is -2.38. The van der Waals surface area contributed by atoms with Gasteiger partial charge in [0.15, 0.2) is 5.67 Å². The van der Waals surface area contributed by atoms with Gasteiger partial charge in [-0.1, -0.05) is 0 Å². The molecule has 2 saturated heterocycles. The summed E-state index contributed by atoms with van der Waals surface area (Å²) in [5, 5.41) is 2.68. The van der Waals surface area contributed by atoms with Crippen molar-refractivity contribution in [1.29, 1.82) is 0 Å². The first-order valence-corrected chi connectivity index (χ1v) is 14.6. The summed E-state index contributed by atoms with van der Waals surface area (Å²) in [6.45, 7) is 8.31. The molecule has 0 radical (unpaired) electrons. The number of carbonyl (C=O) groups is 1. The fraction of sp³-hybridized carbons (Fsp3) is 0.567. The number of anilines is 1. The van der Waals surface area contributed by atoms with Crippen LogP contribution in [0.3, 0.4) is 0 Å². The predicted molar refractivity (Wildman–Crippen MR) is 153 cm³/mol. The van der Waals surface area contributed by atoms with Gasteiger partial charge in [0.2, 0.25) is 0 Å². The molecule has 4 aliphatic rings. The number of nitrogens with zero attached hydrogens (tertiary/aromatic N) is 3. The summed E-state index contributed by atoms with van der Waals surface area (Å²) in [5.74, 6) is -0.885. The maximum absolute atomic E-state index is 15.5. The van der Waals surface area contributed by atoms with Crippen molar-refractivity contribution in [2.45, 2.75) is 88.6 Å². The summed E-state index contributed by atoms with van der Waals surface area (Å²) in [6.07, 6.45) is -4.18. The Labute approximate surface area is 252 Å². The lowest BCUT2D eigenvalue weighted by Crippen LogP contribution is -2.49. The van der Waals surface area contributed by atoms with Crippen molar-refractivity contribution in [1.82, 2.24) is 10.3 Å². The quantitative estimate of drug-likeness (QED) is 0.377. The van der Waals surface area contributed by atoms with Crippen LogP contribution in [0.1, 0.15) is 75.9 Å². The van der Waals surface area contributed by atoms with Crippen LogP contribution in [0.4, 0.5) is 27.6 Å². The lowest BCUT2D eigenvalue weighted by molar-refractivity contribution is -0.141. The molecule has 1 aromatic heterocycles. The molecule has 1 N–H and O–H groups in total. The van der Waals surface area contributed by atoms with E-state index in [4.69, 9.17) is 14.0 Å². The molecule has 1 saturated carbocycles. The number of rotatable bonds is 6. The Morgan fingerprint density at radius 1 is 1.05 bits per heavy atom. The highest BCUT2D eigenvalue weighted by molar-refractivity contribution is 6.62. The molecule has 0 bridgehead atoms. The van der Waals surface area contributed by atoms with Crippen LogP contribution in [0.25, 0.3) is 0 Å². The highest BCUT2D eigenvalue weighted by atomic mass is 19.4. The molecule has 2 aromatic rings. The molecular formula is C30H34BF5N4O4. The normalized spacial score (nSPS) is 23.2. The molecule has 0 atom stereocenters. The third-order valence-electron chi connectivity index (χ3n) is 9.47. The molecule has 3 fully saturated rings. The van der Waals surface area contributed by atoms with Gasteiger partial charge in [-0.25, -0.2) is 13.8 Å². The van der Waals surface area contributed by atoms with Crippen molar-refractivity contribution >= 4 is 30.0 Å². The zero-order chi connectivity index (χ0) is 31.9. The number of ether oxygens (including phenoxy) is 1. The van der Waals surface area contributed by atoms with Crippen molar-refractivity contribution in [2.75, 3.05) is 25.1 Å². The van der Waals surface area contributed by atoms with Gasteiger partial charge in [-0.3, -0.25) is 9.79 Å². The zero-order valence-corrected chi connectivity index (χ0v) is 25.2. The van der Waals surface area contributed by atoms with E-state index < -0.39 is 53.1 Å². The Balaban J connectivity index is 1.28. The molecular weight excluding hydrogens is 586 g/mol. The van der Waals surface area contributed by atoms with E-state index in [9.17, 15) is 18.0 Å². The monoisotopic (exact) mass is 620 g/mol. The van der Waals surface area contributed by atoms with Gasteiger partial charge in [-0.2, -0.15) is 13.2 Å². The van der Waals surface area contributed by atoms with Gasteiger partial charge in [-0.15, -0.1) is 0 Å². The van der Waals surface area contributed by atoms with Crippen molar-refractivity contribution in [3.05, 3.63) is 52.6 Å². The van der Waals surface area contributed by atoms with Gasteiger partial charge in [0.1, 0.15) is 22.9 Å². The summed E-state index contributed by atoms with van der Waals surface area (Å²) in [7, 11) is 0.689. The number of carbonyl (C=O) groups excluding carboxylic acids is 1. The number of nitrogens with one attached hydrogen (secondary N) is 1. The first-order chi connectivity index (χ1) is 20.5. The molecule has 3 aliphatic heterocycles. The maximum Gasteiger partial charge on any atom is 0.495 e. The van der Waals surface area contributed by atoms with E-state index >= 15 is 8.78 Å². The van der Waals surface area contributed by atoms with Crippen LogP contribution in [0, 0.1) is 5.82 Å². The second kappa shape index (κ2) is 10.2. The Hall–Kier alpha value is -3.10. The minimum Gasteiger partial charge on any atom is -0.399 e. The fourth-order valence-corrected chi connectivity index (χ4v) is 5.92. The highest BCUT2D eigenvalue weighted by Crippen LogP contribution is 2.51. The van der Waals surface area contributed by atoms with Gasteiger partial charge in [0, 0.05) is 37.0 Å². The number of hydrogen-bond acceptors (Lipinski definition) is 7. The van der Waals surface area contributed by atoms with E-state index in [0.29, 0.717) is 29.8 Å². The summed E-state index contributed by atoms with van der Waals surface area (Å²) < 4.78 is 88.4. The van der Waals surface area contributed by atoms with E-state index in [1.807, 2.05) is 38.7 Å². The van der Waals surface area contributed by atoms with Gasteiger partial charge < -0.3 is 24.3 Å². The zero-order valence-electron chi connectivity index (χ0n) is 25.2. The number of hydrogen-bond donors (Lipinski definition) is 1. The Kier molecular flexibility index (Phi) is 7.17. The van der Waals surface area contributed by atoms with E-state index in [1.165, 1.54) is 13.2 Å². The second-order valence-electron chi connectivity index (χ2n) is 13.0. The van der Waals surface area contributed by atoms with Crippen LogP contribution in [0.2, 0.25) is 0 Å². The van der Waals surface area contributed by atoms with Crippen LogP contribution in [-0.2, 0) is 37.3 Å². The summed E-state index contributed by atoms with van der Waals surface area (Å²) in [5.41, 5.74) is -4.51. The van der Waals surface area contributed by atoms with Gasteiger partial charge >= 0.3 is 13.3 Å². The molecule has 1 amide bonds. The smallest absolute Gasteiger partial charge is 0.399 e. The number of methoxy groups -OCH3 is 1. The van der Waals surface area contributed by atoms with Crippen molar-refractivity contribution < 1.29 is 40.8 Å². The Bertz CT molecular complexity index is 1520. The van der Waals surface area contributed by atoms with Crippen LogP contribution in [0.5, 0.6) is 0 Å². The molecule has 14 heteroatoms. The van der Waals surface area contributed by atoms with Crippen LogP contribution in [-0.4, -0.2) is 60.8 Å². The minimum atomic E-state index is -4.74. The Morgan fingerprint density at radius 2 is 1.68 bits per heavy atom. The number of benzene rings is 1. The summed E-state index contributed by atoms with van der Waals surface area (Å²) >= 11 is 0. The van der Waals surface area contributed by atoms with Crippen LogP contribution in [0.15, 0.2) is 29.3 Å². The molecule has 1 spiro atoms. The number of pyridine rings is 1. The number of amidine groups is 1. The van der Waals surface area contributed by atoms with Crippen LogP contribution >= 0.6 is 0 Å². The molecule has 236 valence electrons. The van der Waals surface area contributed by atoms with E-state index in [2.05, 4.69) is 15.3 Å². The van der Waals surface area contributed by atoms with E-state index in [-0.39, 0.29) is 49.4 Å². The second-order valence-corrected chi connectivity index (χ2v) is 13.0. The fourth-order valence-electron chi connectivity index (χ4n) is 5.92. The van der Waals surface area contributed by atoms with E-state index in [0.717, 1.165) is 12.1 Å². The molecule has 8 nitrogen and oxygen atoms in total. The number of aromatic nitrogens is 1. The number of alkyl halides is 4. The standard InChI is InChI=1S/C30H34BF5N4O4/c1-26(2)27(3,4)44-31(43-26)17-14-20(32)19(16-42-5)21(15-17)40-12-10-29(11-13-40)25(41)38-24(39-29)18-6-7-22(30(34,35)36)37-23(18)28(33)8-9-28/h6-7,14-15H,8-13,16H2,1-5H3,(H,38,39,41). The van der Waals surface area contributed by atoms with Gasteiger partial charge in [0.05, 0.1) is 23.5 Å².